The second kappa shape index (κ2) is 16.9. The van der Waals surface area contributed by atoms with Gasteiger partial charge in [-0.1, -0.05) is 184 Å². The van der Waals surface area contributed by atoms with Gasteiger partial charge in [0.1, 0.15) is 0 Å². The van der Waals surface area contributed by atoms with Crippen molar-refractivity contribution in [2.75, 3.05) is 4.90 Å². The van der Waals surface area contributed by atoms with Gasteiger partial charge in [0.15, 0.2) is 0 Å². The van der Waals surface area contributed by atoms with Gasteiger partial charge in [-0.3, -0.25) is 14.0 Å². The molecule has 0 saturated carbocycles. The van der Waals surface area contributed by atoms with Crippen LogP contribution in [0.1, 0.15) is 25.0 Å². The first-order valence-corrected chi connectivity index (χ1v) is 28.1. The maximum atomic E-state index is 5.73. The number of para-hydroxylation sites is 5. The topological polar surface area (TPSA) is 56.7 Å². The Morgan fingerprint density at radius 1 is 0.362 bits per heavy atom. The van der Waals surface area contributed by atoms with Crippen molar-refractivity contribution in [1.29, 1.82) is 0 Å². The molecule has 1 aliphatic carbocycles. The van der Waals surface area contributed by atoms with E-state index in [0.717, 1.165) is 82.8 Å². The molecule has 0 spiro atoms. The average molecular weight is 1040 g/mol. The molecule has 80 heavy (non-hydrogen) atoms. The first-order chi connectivity index (χ1) is 39.4. The zero-order valence-corrected chi connectivity index (χ0v) is 44.5. The Bertz CT molecular complexity index is 5240. The summed E-state index contributed by atoms with van der Waals surface area (Å²) in [4.78, 5) is 19.4. The second-order valence-corrected chi connectivity index (χ2v) is 22.7. The van der Waals surface area contributed by atoms with E-state index in [1.165, 1.54) is 53.2 Å². The highest BCUT2D eigenvalue weighted by Crippen LogP contribution is 2.53. The molecule has 0 bridgehead atoms. The molecule has 0 amide bonds. The van der Waals surface area contributed by atoms with Gasteiger partial charge >= 0.3 is 0 Å². The number of nitrogens with zero attached hydrogens (tertiary/aromatic N) is 7. The molecule has 376 valence electrons. The van der Waals surface area contributed by atoms with Crippen LogP contribution in [0.3, 0.4) is 0 Å². The van der Waals surface area contributed by atoms with Crippen molar-refractivity contribution in [3.05, 3.63) is 260 Å². The summed E-state index contributed by atoms with van der Waals surface area (Å²) in [5, 5.41) is 9.51. The number of rotatable bonds is 7. The maximum Gasteiger partial charge on any atom is 0.241 e. The van der Waals surface area contributed by atoms with Gasteiger partial charge in [-0.2, -0.15) is 15.0 Å². The van der Waals surface area contributed by atoms with E-state index in [0.29, 0.717) is 17.8 Å². The molecule has 0 N–H and O–H groups in total. The van der Waals surface area contributed by atoms with Crippen molar-refractivity contribution in [1.82, 2.24) is 28.7 Å². The van der Waals surface area contributed by atoms with Crippen LogP contribution in [-0.4, -0.2) is 28.7 Å². The van der Waals surface area contributed by atoms with E-state index in [9.17, 15) is 0 Å². The predicted molar refractivity (Wildman–Crippen MR) is 333 cm³/mol. The lowest BCUT2D eigenvalue weighted by molar-refractivity contribution is 0.666. The summed E-state index contributed by atoms with van der Waals surface area (Å²) in [6.45, 7) is 4.73. The van der Waals surface area contributed by atoms with E-state index in [-0.39, 0.29) is 5.41 Å². The number of thiophene rings is 1. The van der Waals surface area contributed by atoms with Crippen molar-refractivity contribution in [2.24, 2.45) is 0 Å². The molecular weight excluding hydrogens is 995 g/mol. The van der Waals surface area contributed by atoms with E-state index in [4.69, 9.17) is 15.0 Å². The molecule has 1 aliphatic rings. The molecule has 0 atom stereocenters. The third kappa shape index (κ3) is 6.45. The molecular formula is C72H47N7S. The summed E-state index contributed by atoms with van der Waals surface area (Å²) < 4.78 is 9.46. The number of aromatic nitrogens is 6. The van der Waals surface area contributed by atoms with Crippen LogP contribution >= 0.6 is 11.3 Å². The zero-order valence-electron chi connectivity index (χ0n) is 43.7. The van der Waals surface area contributed by atoms with E-state index in [2.05, 4.69) is 281 Å². The highest BCUT2D eigenvalue weighted by atomic mass is 32.1. The number of fused-ring (bicyclic) bond motifs is 16. The van der Waals surface area contributed by atoms with Gasteiger partial charge in [-0.15, -0.1) is 11.3 Å². The van der Waals surface area contributed by atoms with Crippen molar-refractivity contribution < 1.29 is 0 Å². The largest absolute Gasteiger partial charge is 0.309 e. The minimum Gasteiger partial charge on any atom is -0.309 e. The van der Waals surface area contributed by atoms with Crippen LogP contribution in [0.5, 0.6) is 0 Å². The molecule has 0 aliphatic heterocycles. The summed E-state index contributed by atoms with van der Waals surface area (Å²) in [6.07, 6.45) is 0. The van der Waals surface area contributed by atoms with Crippen LogP contribution in [0, 0.1) is 0 Å². The third-order valence-electron chi connectivity index (χ3n) is 16.9. The molecule has 17 rings (SSSR count). The summed E-state index contributed by atoms with van der Waals surface area (Å²) in [6, 6.07) is 89.9. The molecule has 8 heteroatoms. The van der Waals surface area contributed by atoms with Crippen LogP contribution in [-0.2, 0) is 5.41 Å². The molecule has 0 unspecified atom stereocenters. The molecule has 7 nitrogen and oxygen atoms in total. The summed E-state index contributed by atoms with van der Waals surface area (Å²) in [5.41, 5.74) is 16.4. The third-order valence-corrected chi connectivity index (χ3v) is 18.0. The molecule has 5 heterocycles. The Kier molecular flexibility index (Phi) is 9.50. The molecule has 0 radical (unpaired) electrons. The van der Waals surface area contributed by atoms with Crippen LogP contribution in [0.2, 0.25) is 0 Å². The SMILES string of the molecule is CC1(C)c2ccccc2-c2ccc3c(c21)c1ccccc1n3-c1nc(N(c2ccccc2)c2ccc3c4ccccc4n(-c4ccccc4)c3c2)nc(-n2c3ccccc3c3ccc(-c4ccc5c(c4)sc4ccccc45)cc32)n1. The Hall–Kier alpha value is -10.2. The van der Waals surface area contributed by atoms with Crippen LogP contribution < -0.4 is 4.90 Å². The van der Waals surface area contributed by atoms with Crippen molar-refractivity contribution in [3.63, 3.8) is 0 Å². The van der Waals surface area contributed by atoms with Crippen molar-refractivity contribution in [3.8, 4) is 39.8 Å². The number of benzene rings is 11. The summed E-state index contributed by atoms with van der Waals surface area (Å²) in [7, 11) is 0. The average Bonchev–Trinajstić information content (AvgIpc) is 4.38. The monoisotopic (exact) mass is 1040 g/mol. The molecule has 11 aromatic carbocycles. The maximum absolute atomic E-state index is 5.73. The van der Waals surface area contributed by atoms with Gasteiger partial charge in [0.25, 0.3) is 0 Å². The minimum atomic E-state index is -0.261. The minimum absolute atomic E-state index is 0.261. The fourth-order valence-corrected chi connectivity index (χ4v) is 14.5. The van der Waals surface area contributed by atoms with Crippen LogP contribution in [0.15, 0.2) is 249 Å². The van der Waals surface area contributed by atoms with E-state index in [1.54, 1.807) is 0 Å². The first kappa shape index (κ1) is 44.9. The number of hydrogen-bond donors (Lipinski definition) is 0. The smallest absolute Gasteiger partial charge is 0.241 e. The fraction of sp³-hybridized carbons (Fsp3) is 0.0417. The summed E-state index contributed by atoms with van der Waals surface area (Å²) in [5.74, 6) is 1.51. The molecule has 5 aromatic heterocycles. The lowest BCUT2D eigenvalue weighted by atomic mass is 9.80. The zero-order chi connectivity index (χ0) is 52.8. The first-order valence-electron chi connectivity index (χ1n) is 27.3. The number of anilines is 3. The number of hydrogen-bond acceptors (Lipinski definition) is 5. The van der Waals surface area contributed by atoms with Gasteiger partial charge in [0, 0.05) is 69.3 Å². The Balaban J connectivity index is 0.960. The Morgan fingerprint density at radius 2 is 0.900 bits per heavy atom. The van der Waals surface area contributed by atoms with Gasteiger partial charge in [0.05, 0.1) is 38.8 Å². The highest BCUT2D eigenvalue weighted by molar-refractivity contribution is 7.25. The fourth-order valence-electron chi connectivity index (χ4n) is 13.4. The highest BCUT2D eigenvalue weighted by Gasteiger charge is 2.38. The molecule has 0 fully saturated rings. The normalized spacial score (nSPS) is 13.0. The second-order valence-electron chi connectivity index (χ2n) is 21.6. The molecule has 16 aromatic rings. The van der Waals surface area contributed by atoms with Crippen molar-refractivity contribution in [2.45, 2.75) is 19.3 Å². The van der Waals surface area contributed by atoms with Crippen LogP contribution in [0.4, 0.5) is 17.3 Å². The van der Waals surface area contributed by atoms with Crippen LogP contribution in [0.25, 0.3) is 125 Å². The standard InChI is InChI=1S/C72H47N7S/c1-72(2)58-28-14-9-23-49(58)56-39-40-62-67(68(56)72)57-27-12-17-31-61(57)78(62)70-73-69(76(46-19-5-3-6-20-46)48-35-38-53-50-24-10-15-29-59(50)77(64(53)43-48)47-21-7-4-8-22-47)74-71(75-70)79-60-30-16-11-25-51(60)52-36-33-44(41-63(52)79)45-34-37-55-54-26-13-18-32-65(54)80-66(55)42-45/h3-43H,1-2H3. The van der Waals surface area contributed by atoms with E-state index < -0.39 is 0 Å². The lowest BCUT2D eigenvalue weighted by Crippen LogP contribution is -2.18. The van der Waals surface area contributed by atoms with Gasteiger partial charge in [-0.25, -0.2) is 0 Å². The van der Waals surface area contributed by atoms with Gasteiger partial charge in [-0.05, 0) is 112 Å². The van der Waals surface area contributed by atoms with Gasteiger partial charge < -0.3 is 4.57 Å². The lowest BCUT2D eigenvalue weighted by Gasteiger charge is -2.25. The van der Waals surface area contributed by atoms with Gasteiger partial charge in [0.2, 0.25) is 17.8 Å². The summed E-state index contributed by atoms with van der Waals surface area (Å²) >= 11 is 1.84. The Labute approximate surface area is 464 Å². The van der Waals surface area contributed by atoms with E-state index in [1.807, 2.05) is 11.3 Å². The Morgan fingerprint density at radius 3 is 1.65 bits per heavy atom. The van der Waals surface area contributed by atoms with E-state index >= 15 is 0 Å². The predicted octanol–water partition coefficient (Wildman–Crippen LogP) is 19.0. The van der Waals surface area contributed by atoms with Crippen molar-refractivity contribution >= 4 is 114 Å². The molecule has 0 saturated heterocycles. The quantitative estimate of drug-likeness (QED) is 0.160.